The van der Waals surface area contributed by atoms with E-state index in [9.17, 15) is 13.6 Å². The smallest absolute Gasteiger partial charge is 0.230 e. The first-order valence-electron chi connectivity index (χ1n) is 9.44. The van der Waals surface area contributed by atoms with Crippen LogP contribution in [0.2, 0.25) is 0 Å². The number of hydrogen-bond donors (Lipinski definition) is 1. The van der Waals surface area contributed by atoms with E-state index in [4.69, 9.17) is 0 Å². The maximum absolute atomic E-state index is 14.2. The number of anilines is 3. The van der Waals surface area contributed by atoms with E-state index in [1.165, 1.54) is 64.5 Å². The maximum Gasteiger partial charge on any atom is 0.230 e. The molecule has 32 heavy (non-hydrogen) atoms. The van der Waals surface area contributed by atoms with Crippen LogP contribution < -0.4 is 10.2 Å². The van der Waals surface area contributed by atoms with Crippen LogP contribution in [0.1, 0.15) is 18.2 Å². The number of rotatable bonds is 8. The highest BCUT2D eigenvalue weighted by atomic mass is 32.2. The minimum absolute atomic E-state index is 0.176. The fourth-order valence-corrected chi connectivity index (χ4v) is 5.39. The number of halogens is 2. The molecular formula is C21H17F2N5OS3. The van der Waals surface area contributed by atoms with Gasteiger partial charge in [-0.2, -0.15) is 0 Å². The molecule has 6 nitrogen and oxygen atoms in total. The van der Waals surface area contributed by atoms with E-state index in [0.29, 0.717) is 22.6 Å². The van der Waals surface area contributed by atoms with Crippen molar-refractivity contribution in [2.45, 2.75) is 23.6 Å². The summed E-state index contributed by atoms with van der Waals surface area (Å²) in [7, 11) is 0. The van der Waals surface area contributed by atoms with Crippen molar-refractivity contribution in [2.75, 3.05) is 10.2 Å². The average Bonchev–Trinajstić information content (AvgIpc) is 3.43. The highest BCUT2D eigenvalue weighted by molar-refractivity contribution is 8.00. The molecular weight excluding hydrogens is 472 g/mol. The average molecular weight is 490 g/mol. The highest BCUT2D eigenvalue weighted by Gasteiger charge is 2.21. The third-order valence-electron chi connectivity index (χ3n) is 4.25. The number of nitrogens with zero attached hydrogens (tertiary/aromatic N) is 4. The molecule has 0 bridgehead atoms. The van der Waals surface area contributed by atoms with Gasteiger partial charge < -0.3 is 5.32 Å². The summed E-state index contributed by atoms with van der Waals surface area (Å²) < 4.78 is 27.9. The van der Waals surface area contributed by atoms with E-state index in [2.05, 4.69) is 20.5 Å². The van der Waals surface area contributed by atoms with Gasteiger partial charge >= 0.3 is 0 Å². The number of carbonyl (C=O) groups is 1. The second-order valence-electron chi connectivity index (χ2n) is 6.57. The molecule has 4 rings (SSSR count). The van der Waals surface area contributed by atoms with E-state index in [0.717, 1.165) is 15.6 Å². The summed E-state index contributed by atoms with van der Waals surface area (Å²) in [5.41, 5.74) is 1.87. The number of thiazole rings is 1. The topological polar surface area (TPSA) is 71.0 Å². The number of amides is 1. The van der Waals surface area contributed by atoms with Crippen molar-refractivity contribution in [3.63, 3.8) is 0 Å². The molecule has 0 aliphatic heterocycles. The quantitative estimate of drug-likeness (QED) is 0.313. The lowest BCUT2D eigenvalue weighted by Gasteiger charge is -2.18. The Bertz CT molecular complexity index is 1210. The Morgan fingerprint density at radius 1 is 1.12 bits per heavy atom. The summed E-state index contributed by atoms with van der Waals surface area (Å²) in [5, 5.41) is 14.4. The van der Waals surface area contributed by atoms with Gasteiger partial charge in [0.25, 0.3) is 0 Å². The highest BCUT2D eigenvalue weighted by Crippen LogP contribution is 2.33. The standard InChI is InChI=1S/C21H17F2N5OS3/c1-13(29)28(18-5-3-2-4-17(18)23)20-25-16(11-30-20)12-31-21-27-26-19(32-21)24-10-14-6-8-15(22)9-7-14/h2-9,11H,10,12H2,1H3,(H,24,26). The lowest BCUT2D eigenvalue weighted by atomic mass is 10.2. The molecule has 0 atom stereocenters. The van der Waals surface area contributed by atoms with Gasteiger partial charge in [-0.3, -0.25) is 9.69 Å². The molecule has 0 aliphatic rings. The van der Waals surface area contributed by atoms with Gasteiger partial charge in [0.2, 0.25) is 11.0 Å². The number of hydrogen-bond acceptors (Lipinski definition) is 8. The summed E-state index contributed by atoms with van der Waals surface area (Å²) in [4.78, 5) is 17.9. The van der Waals surface area contributed by atoms with E-state index in [1.807, 2.05) is 5.38 Å². The minimum Gasteiger partial charge on any atom is -0.356 e. The zero-order chi connectivity index (χ0) is 22.5. The first-order chi connectivity index (χ1) is 15.5. The Kier molecular flexibility index (Phi) is 7.08. The molecule has 0 unspecified atom stereocenters. The monoisotopic (exact) mass is 489 g/mol. The summed E-state index contributed by atoms with van der Waals surface area (Å²) in [5.74, 6) is -0.534. The predicted octanol–water partition coefficient (Wildman–Crippen LogP) is 5.86. The van der Waals surface area contributed by atoms with E-state index < -0.39 is 5.82 Å². The molecule has 0 radical (unpaired) electrons. The minimum atomic E-state index is -0.483. The van der Waals surface area contributed by atoms with Gasteiger partial charge in [0.1, 0.15) is 11.6 Å². The normalized spacial score (nSPS) is 10.8. The molecule has 0 spiro atoms. The van der Waals surface area contributed by atoms with Gasteiger partial charge in [0.15, 0.2) is 9.47 Å². The number of para-hydroxylation sites is 1. The number of carbonyl (C=O) groups excluding carboxylic acids is 1. The van der Waals surface area contributed by atoms with Crippen molar-refractivity contribution < 1.29 is 13.6 Å². The zero-order valence-electron chi connectivity index (χ0n) is 16.8. The molecule has 0 saturated carbocycles. The van der Waals surface area contributed by atoms with Crippen LogP contribution in [0.4, 0.5) is 24.7 Å². The lowest BCUT2D eigenvalue weighted by Crippen LogP contribution is -2.23. The third-order valence-corrected chi connectivity index (χ3v) is 7.17. The molecule has 1 amide bonds. The summed E-state index contributed by atoms with van der Waals surface area (Å²) in [6.45, 7) is 1.90. The maximum atomic E-state index is 14.2. The van der Waals surface area contributed by atoms with Crippen molar-refractivity contribution in [3.8, 4) is 0 Å². The summed E-state index contributed by atoms with van der Waals surface area (Å²) in [6, 6.07) is 12.4. The van der Waals surface area contributed by atoms with Crippen molar-refractivity contribution in [1.29, 1.82) is 0 Å². The van der Waals surface area contributed by atoms with Crippen LogP contribution >= 0.6 is 34.4 Å². The van der Waals surface area contributed by atoms with Gasteiger partial charge in [-0.1, -0.05) is 47.4 Å². The summed E-state index contributed by atoms with van der Waals surface area (Å²) >= 11 is 4.16. The molecule has 0 saturated heterocycles. The molecule has 2 aromatic heterocycles. The first-order valence-corrected chi connectivity index (χ1v) is 12.1. The molecule has 164 valence electrons. The van der Waals surface area contributed by atoms with Crippen LogP contribution in [0.25, 0.3) is 0 Å². The SMILES string of the molecule is CC(=O)N(c1nc(CSc2nnc(NCc3ccc(F)cc3)s2)cs1)c1ccccc1F. The molecule has 0 fully saturated rings. The van der Waals surface area contributed by atoms with E-state index in [-0.39, 0.29) is 17.4 Å². The number of nitrogens with one attached hydrogen (secondary N) is 1. The van der Waals surface area contributed by atoms with Gasteiger partial charge in [-0.05, 0) is 29.8 Å². The largest absolute Gasteiger partial charge is 0.356 e. The Morgan fingerprint density at radius 2 is 1.91 bits per heavy atom. The number of aromatic nitrogens is 3. The second-order valence-corrected chi connectivity index (χ2v) is 9.61. The Morgan fingerprint density at radius 3 is 2.66 bits per heavy atom. The lowest BCUT2D eigenvalue weighted by molar-refractivity contribution is -0.115. The second kappa shape index (κ2) is 10.2. The van der Waals surface area contributed by atoms with Crippen molar-refractivity contribution in [1.82, 2.24) is 15.2 Å². The van der Waals surface area contributed by atoms with Crippen LogP contribution in [0, 0.1) is 11.6 Å². The van der Waals surface area contributed by atoms with Crippen molar-refractivity contribution >= 4 is 56.3 Å². The van der Waals surface area contributed by atoms with Gasteiger partial charge in [-0.15, -0.1) is 21.5 Å². The Hall–Kier alpha value is -2.89. The Balaban J connectivity index is 1.36. The number of thioether (sulfide) groups is 1. The van der Waals surface area contributed by atoms with Crippen LogP contribution in [-0.2, 0) is 17.1 Å². The van der Waals surface area contributed by atoms with Crippen LogP contribution in [-0.4, -0.2) is 21.1 Å². The predicted molar refractivity (Wildman–Crippen MR) is 125 cm³/mol. The van der Waals surface area contributed by atoms with Crippen LogP contribution in [0.5, 0.6) is 0 Å². The fourth-order valence-electron chi connectivity index (χ4n) is 2.76. The first kappa shape index (κ1) is 22.3. The van der Waals surface area contributed by atoms with Crippen LogP contribution in [0.3, 0.4) is 0 Å². The fraction of sp³-hybridized carbons (Fsp3) is 0.143. The number of benzene rings is 2. The zero-order valence-corrected chi connectivity index (χ0v) is 19.2. The van der Waals surface area contributed by atoms with Gasteiger partial charge in [-0.25, -0.2) is 13.8 Å². The van der Waals surface area contributed by atoms with Crippen LogP contribution in [0.15, 0.2) is 58.3 Å². The molecule has 2 heterocycles. The Labute approximate surface area is 195 Å². The molecule has 1 N–H and O–H groups in total. The molecule has 4 aromatic rings. The van der Waals surface area contributed by atoms with Crippen molar-refractivity contribution in [2.24, 2.45) is 0 Å². The van der Waals surface area contributed by atoms with Gasteiger partial charge in [0, 0.05) is 24.6 Å². The van der Waals surface area contributed by atoms with E-state index in [1.54, 1.807) is 30.3 Å². The third kappa shape index (κ3) is 5.47. The van der Waals surface area contributed by atoms with E-state index >= 15 is 0 Å². The molecule has 11 heteroatoms. The molecule has 0 aliphatic carbocycles. The van der Waals surface area contributed by atoms with Gasteiger partial charge in [0.05, 0.1) is 11.4 Å². The summed E-state index contributed by atoms with van der Waals surface area (Å²) in [6.07, 6.45) is 0. The molecule has 2 aromatic carbocycles. The van der Waals surface area contributed by atoms with Crippen molar-refractivity contribution in [3.05, 3.63) is 76.8 Å².